The Kier molecular flexibility index (Phi) is 5.66. The molecule has 2 heterocycles. The molecule has 0 aliphatic carbocycles. The van der Waals surface area contributed by atoms with E-state index in [0.29, 0.717) is 22.4 Å². The van der Waals surface area contributed by atoms with Gasteiger partial charge in [-0.05, 0) is 54.7 Å². The van der Waals surface area contributed by atoms with Crippen molar-refractivity contribution < 1.29 is 14.1 Å². The second-order valence-corrected chi connectivity index (χ2v) is 7.56. The third-order valence-corrected chi connectivity index (χ3v) is 5.49. The van der Waals surface area contributed by atoms with Crippen LogP contribution < -0.4 is 14.5 Å². The smallest absolute Gasteiger partial charge is 0.292 e. The fourth-order valence-corrected chi connectivity index (χ4v) is 3.76. The lowest BCUT2D eigenvalue weighted by atomic mass is 10.2. The normalized spacial score (nSPS) is 15.0. The molecule has 2 aromatic carbocycles. The number of rotatable bonds is 5. The highest BCUT2D eigenvalue weighted by atomic mass is 35.5. The lowest BCUT2D eigenvalue weighted by molar-refractivity contribution is -0.924. The molecule has 0 spiro atoms. The third-order valence-electron chi connectivity index (χ3n) is 4.96. The summed E-state index contributed by atoms with van der Waals surface area (Å²) < 4.78 is 12.7. The van der Waals surface area contributed by atoms with Crippen LogP contribution in [-0.4, -0.2) is 43.1 Å². The van der Waals surface area contributed by atoms with Crippen molar-refractivity contribution in [1.82, 2.24) is 9.78 Å². The number of nitrogens with zero attached hydrogens (tertiary/aromatic N) is 3. The van der Waals surface area contributed by atoms with E-state index in [9.17, 15) is 0 Å². The van der Waals surface area contributed by atoms with Gasteiger partial charge < -0.3 is 19.0 Å². The quantitative estimate of drug-likeness (QED) is 0.647. The summed E-state index contributed by atoms with van der Waals surface area (Å²) >= 11 is 11.4. The first-order valence-corrected chi connectivity index (χ1v) is 9.97. The zero-order valence-electron chi connectivity index (χ0n) is 15.6. The number of quaternary nitrogens is 1. The molecule has 28 heavy (non-hydrogen) atoms. The second-order valence-electron chi connectivity index (χ2n) is 6.78. The number of anilines is 1. The predicted octanol–water partition coefficient (Wildman–Crippen LogP) is 2.90. The van der Waals surface area contributed by atoms with Gasteiger partial charge in [-0.15, -0.1) is 5.10 Å². The summed E-state index contributed by atoms with van der Waals surface area (Å²) in [6.07, 6.45) is 0. The van der Waals surface area contributed by atoms with Crippen LogP contribution in [0.3, 0.4) is 0 Å². The fourth-order valence-electron chi connectivity index (χ4n) is 3.39. The van der Waals surface area contributed by atoms with Gasteiger partial charge in [0.05, 0.1) is 33.3 Å². The minimum atomic E-state index is 0.389. The van der Waals surface area contributed by atoms with Gasteiger partial charge in [-0.2, -0.15) is 4.68 Å². The Labute approximate surface area is 173 Å². The van der Waals surface area contributed by atoms with E-state index in [1.165, 1.54) is 10.6 Å². The maximum atomic E-state index is 6.06. The van der Waals surface area contributed by atoms with Crippen LogP contribution in [0.15, 0.2) is 52.9 Å². The van der Waals surface area contributed by atoms with E-state index in [1.807, 2.05) is 36.4 Å². The molecule has 8 heteroatoms. The van der Waals surface area contributed by atoms with Gasteiger partial charge in [-0.3, -0.25) is 0 Å². The maximum Gasteiger partial charge on any atom is 0.292 e. The Hall–Kier alpha value is -2.35. The monoisotopic (exact) mass is 417 g/mol. The average Bonchev–Trinajstić information content (AvgIpc) is 3.09. The van der Waals surface area contributed by atoms with E-state index in [2.05, 4.69) is 22.1 Å². The number of nitrogens with one attached hydrogen (secondary N) is 1. The van der Waals surface area contributed by atoms with Crippen LogP contribution in [0.2, 0.25) is 5.02 Å². The highest BCUT2D eigenvalue weighted by molar-refractivity contribution is 7.71. The summed E-state index contributed by atoms with van der Waals surface area (Å²) in [7, 11) is 1.68. The van der Waals surface area contributed by atoms with Crippen LogP contribution in [0.1, 0.15) is 0 Å². The van der Waals surface area contributed by atoms with Gasteiger partial charge in [-0.1, -0.05) is 17.7 Å². The molecule has 4 rings (SSSR count). The van der Waals surface area contributed by atoms with Crippen LogP contribution in [0.25, 0.3) is 11.5 Å². The van der Waals surface area contributed by atoms with E-state index >= 15 is 0 Å². The molecule has 1 aromatic heterocycles. The average molecular weight is 418 g/mol. The van der Waals surface area contributed by atoms with Gasteiger partial charge in [0.2, 0.25) is 5.89 Å². The Bertz CT molecular complexity index is 994. The molecule has 0 saturated carbocycles. The van der Waals surface area contributed by atoms with Crippen LogP contribution in [0.5, 0.6) is 5.75 Å². The molecule has 0 unspecified atom stereocenters. The number of hydrogen-bond donors (Lipinski definition) is 1. The molecule has 146 valence electrons. The first kappa shape index (κ1) is 19.0. The summed E-state index contributed by atoms with van der Waals surface area (Å²) in [4.78, 5) is 4.20. The Balaban J connectivity index is 1.39. The molecule has 6 nitrogen and oxygen atoms in total. The number of methoxy groups -OCH3 is 1. The zero-order chi connectivity index (χ0) is 19.5. The SMILES string of the molecule is COc1ccc(N2CC[NH+](Cn3nc(-c4cccc(Cl)c4)oc3=S)CC2)cc1. The zero-order valence-corrected chi connectivity index (χ0v) is 17.2. The van der Waals surface area contributed by atoms with Crippen molar-refractivity contribution in [3.8, 4) is 17.2 Å². The Morgan fingerprint density at radius 3 is 2.61 bits per heavy atom. The molecular weight excluding hydrogens is 396 g/mol. The van der Waals surface area contributed by atoms with E-state index in [0.717, 1.165) is 37.5 Å². The second kappa shape index (κ2) is 8.34. The van der Waals surface area contributed by atoms with E-state index in [1.54, 1.807) is 11.8 Å². The van der Waals surface area contributed by atoms with Crippen molar-refractivity contribution in [1.29, 1.82) is 0 Å². The predicted molar refractivity (Wildman–Crippen MR) is 112 cm³/mol. The molecule has 0 amide bonds. The van der Waals surface area contributed by atoms with Crippen molar-refractivity contribution in [2.24, 2.45) is 0 Å². The molecule has 0 bridgehead atoms. The molecule has 0 atom stereocenters. The lowest BCUT2D eigenvalue weighted by Gasteiger charge is -2.33. The number of benzene rings is 2. The highest BCUT2D eigenvalue weighted by Gasteiger charge is 2.22. The number of ether oxygens (including phenoxy) is 1. The van der Waals surface area contributed by atoms with Gasteiger partial charge in [0.25, 0.3) is 4.84 Å². The highest BCUT2D eigenvalue weighted by Crippen LogP contribution is 2.21. The van der Waals surface area contributed by atoms with E-state index in [-0.39, 0.29) is 0 Å². The summed E-state index contributed by atoms with van der Waals surface area (Å²) in [5, 5.41) is 5.20. The van der Waals surface area contributed by atoms with Crippen molar-refractivity contribution in [2.75, 3.05) is 38.2 Å². The first-order valence-electron chi connectivity index (χ1n) is 9.19. The van der Waals surface area contributed by atoms with Crippen LogP contribution in [0.4, 0.5) is 5.69 Å². The number of piperazine rings is 1. The molecule has 1 aliphatic heterocycles. The van der Waals surface area contributed by atoms with Gasteiger partial charge in [0, 0.05) is 16.3 Å². The Morgan fingerprint density at radius 2 is 1.93 bits per heavy atom. The van der Waals surface area contributed by atoms with Crippen LogP contribution >= 0.6 is 23.8 Å². The minimum Gasteiger partial charge on any atom is -0.497 e. The number of hydrogen-bond acceptors (Lipinski definition) is 5. The molecule has 1 saturated heterocycles. The van der Waals surface area contributed by atoms with Gasteiger partial charge in [0.15, 0.2) is 6.67 Å². The third kappa shape index (κ3) is 4.22. The van der Waals surface area contributed by atoms with Crippen molar-refractivity contribution in [3.05, 3.63) is 58.4 Å². The summed E-state index contributed by atoms with van der Waals surface area (Å²) in [5.41, 5.74) is 2.05. The largest absolute Gasteiger partial charge is 0.497 e. The lowest BCUT2D eigenvalue weighted by Crippen LogP contribution is -3.14. The summed E-state index contributed by atoms with van der Waals surface area (Å²) in [6.45, 7) is 4.67. The van der Waals surface area contributed by atoms with Crippen LogP contribution in [-0.2, 0) is 6.67 Å². The molecule has 1 fully saturated rings. The summed E-state index contributed by atoms with van der Waals surface area (Å²) in [5.74, 6) is 1.38. The topological polar surface area (TPSA) is 47.9 Å². The number of halogens is 1. The molecule has 0 radical (unpaired) electrons. The van der Waals surface area contributed by atoms with Gasteiger partial charge >= 0.3 is 0 Å². The minimum absolute atomic E-state index is 0.389. The standard InChI is InChI=1S/C20H21ClN4O2S/c1-26-18-7-5-17(6-8-18)24-11-9-23(10-12-24)14-25-20(28)27-19(22-25)15-3-2-4-16(21)13-15/h2-8,13H,9-12,14H2,1H3/p+1. The Morgan fingerprint density at radius 1 is 1.18 bits per heavy atom. The van der Waals surface area contributed by atoms with E-state index in [4.69, 9.17) is 33.0 Å². The van der Waals surface area contributed by atoms with Crippen LogP contribution in [0, 0.1) is 4.84 Å². The van der Waals surface area contributed by atoms with Crippen molar-refractivity contribution >= 4 is 29.5 Å². The summed E-state index contributed by atoms with van der Waals surface area (Å²) in [6, 6.07) is 15.7. The van der Waals surface area contributed by atoms with Gasteiger partial charge in [-0.25, -0.2) is 0 Å². The fraction of sp³-hybridized carbons (Fsp3) is 0.300. The molecule has 1 aliphatic rings. The van der Waals surface area contributed by atoms with Gasteiger partial charge in [0.1, 0.15) is 5.75 Å². The molecular formula is C20H22ClN4O2S+. The molecule has 1 N–H and O–H groups in total. The first-order chi connectivity index (χ1) is 13.6. The van der Waals surface area contributed by atoms with E-state index < -0.39 is 0 Å². The number of aromatic nitrogens is 2. The van der Waals surface area contributed by atoms with Crippen molar-refractivity contribution in [2.45, 2.75) is 6.67 Å². The van der Waals surface area contributed by atoms with Crippen molar-refractivity contribution in [3.63, 3.8) is 0 Å². The molecule has 3 aromatic rings. The maximum absolute atomic E-state index is 6.06.